The number of nitrogens with zero attached hydrogens (tertiary/aromatic N) is 3. The molecule has 0 N–H and O–H groups in total. The van der Waals surface area contributed by atoms with Crippen molar-refractivity contribution in [3.63, 3.8) is 0 Å². The van der Waals surface area contributed by atoms with E-state index in [2.05, 4.69) is 5.10 Å². The number of hydrogen-bond donors (Lipinski definition) is 0. The second-order valence-corrected chi connectivity index (χ2v) is 9.88. The quantitative estimate of drug-likeness (QED) is 0.589. The molecule has 2 aliphatic heterocycles. The highest BCUT2D eigenvalue weighted by atomic mass is 35.5. The third-order valence-electron chi connectivity index (χ3n) is 6.87. The van der Waals surface area contributed by atoms with Crippen LogP contribution in [0.3, 0.4) is 0 Å². The Bertz CT molecular complexity index is 1400. The highest BCUT2D eigenvalue weighted by Gasteiger charge is 2.42. The molecule has 0 radical (unpaired) electrons. The Balaban J connectivity index is 1.57. The summed E-state index contributed by atoms with van der Waals surface area (Å²) in [4.78, 5) is 28.6. The molecule has 7 heteroatoms. The van der Waals surface area contributed by atoms with Crippen LogP contribution in [0.25, 0.3) is 0 Å². The number of Topliss-reactive ketones (excluding diaryl/α,β-unsaturated/α-hetero) is 1. The van der Waals surface area contributed by atoms with Gasteiger partial charge in [0.1, 0.15) is 0 Å². The Morgan fingerprint density at radius 1 is 1.09 bits per heavy atom. The number of allylic oxidation sites excluding steroid dienone is 4. The van der Waals surface area contributed by atoms with E-state index in [0.717, 1.165) is 23.4 Å². The van der Waals surface area contributed by atoms with Gasteiger partial charge in [-0.15, -0.1) is 0 Å². The van der Waals surface area contributed by atoms with E-state index in [-0.39, 0.29) is 16.7 Å². The summed E-state index contributed by atoms with van der Waals surface area (Å²) in [6.07, 6.45) is 2.89. The third kappa shape index (κ3) is 3.43. The fraction of sp³-hybridized carbons (Fsp3) is 0.250. The van der Waals surface area contributed by atoms with Gasteiger partial charge in [-0.25, -0.2) is 0 Å². The van der Waals surface area contributed by atoms with Gasteiger partial charge < -0.3 is 10.0 Å². The normalized spacial score (nSPS) is 22.2. The van der Waals surface area contributed by atoms with Crippen LogP contribution in [0.5, 0.6) is 0 Å². The molecule has 0 atom stereocenters. The number of halogens is 1. The van der Waals surface area contributed by atoms with Gasteiger partial charge in [-0.05, 0) is 48.4 Å². The SMILES string of the molecule is CCCC1=NN(c2ccccc2)C(=O)/C1=C1\C(=O)C(/C=C2\N(C)c3ccc(Cl)cc3C2(C)C)=C1[O-]. The number of hydrazone groups is 1. The molecule has 5 rings (SSSR count). The van der Waals surface area contributed by atoms with Crippen molar-refractivity contribution in [3.05, 3.63) is 93.4 Å². The molecule has 6 nitrogen and oxygen atoms in total. The van der Waals surface area contributed by atoms with Crippen LogP contribution in [0.1, 0.15) is 39.2 Å². The largest absolute Gasteiger partial charge is 0.871 e. The maximum absolute atomic E-state index is 13.3. The van der Waals surface area contributed by atoms with Crippen molar-refractivity contribution < 1.29 is 14.7 Å². The van der Waals surface area contributed by atoms with Gasteiger partial charge in [0.15, 0.2) is 5.78 Å². The van der Waals surface area contributed by atoms with Crippen LogP contribution in [0.2, 0.25) is 5.02 Å². The molecule has 0 fully saturated rings. The lowest BCUT2D eigenvalue weighted by molar-refractivity contribution is -0.300. The van der Waals surface area contributed by atoms with Gasteiger partial charge in [0, 0.05) is 40.0 Å². The highest BCUT2D eigenvalue weighted by Crippen LogP contribution is 2.49. The van der Waals surface area contributed by atoms with Gasteiger partial charge in [-0.2, -0.15) is 10.1 Å². The van der Waals surface area contributed by atoms with E-state index in [4.69, 9.17) is 11.6 Å². The van der Waals surface area contributed by atoms with Gasteiger partial charge in [0.05, 0.1) is 17.0 Å². The van der Waals surface area contributed by atoms with Crippen LogP contribution < -0.4 is 15.0 Å². The maximum Gasteiger partial charge on any atom is 0.281 e. The second-order valence-electron chi connectivity index (χ2n) is 9.45. The average Bonchev–Trinajstić information content (AvgIpc) is 3.24. The Labute approximate surface area is 209 Å². The first-order valence-corrected chi connectivity index (χ1v) is 12.0. The summed E-state index contributed by atoms with van der Waals surface area (Å²) in [7, 11) is 1.91. The minimum absolute atomic E-state index is 0.0634. The standard InChI is InChI=1S/C28H26ClN3O3/c1-5-9-20-23(27(35)32(30-20)17-10-7-6-8-11-17)24-25(33)18(26(24)34)15-22-28(2,3)19-14-16(29)12-13-21(19)31(22)4/h6-8,10-15,33H,5,9H2,1-4H3/p-1/b22-15-,24-23-. The van der Waals surface area contributed by atoms with Gasteiger partial charge in [0.2, 0.25) is 0 Å². The monoisotopic (exact) mass is 486 g/mol. The Kier molecular flexibility index (Phi) is 5.44. The van der Waals surface area contributed by atoms with Crippen molar-refractivity contribution >= 4 is 40.4 Å². The first-order chi connectivity index (χ1) is 16.7. The van der Waals surface area contributed by atoms with E-state index in [1.807, 2.05) is 69.1 Å². The lowest BCUT2D eigenvalue weighted by Gasteiger charge is -2.32. The van der Waals surface area contributed by atoms with E-state index < -0.39 is 22.9 Å². The lowest BCUT2D eigenvalue weighted by Crippen LogP contribution is -2.35. The van der Waals surface area contributed by atoms with Crippen molar-refractivity contribution in [2.45, 2.75) is 39.0 Å². The number of benzene rings is 2. The molecule has 0 aromatic heterocycles. The topological polar surface area (TPSA) is 76.0 Å². The van der Waals surface area contributed by atoms with Crippen molar-refractivity contribution in [1.29, 1.82) is 0 Å². The minimum Gasteiger partial charge on any atom is -0.871 e. The van der Waals surface area contributed by atoms with Gasteiger partial charge in [0.25, 0.3) is 5.91 Å². The van der Waals surface area contributed by atoms with Crippen LogP contribution in [0.15, 0.2) is 87.9 Å². The molecule has 0 unspecified atom stereocenters. The summed E-state index contributed by atoms with van der Waals surface area (Å²) in [5.41, 5.74) is 3.60. The molecule has 0 saturated heterocycles. The van der Waals surface area contributed by atoms with Crippen LogP contribution in [-0.4, -0.2) is 24.4 Å². The number of hydrogen-bond acceptors (Lipinski definition) is 5. The van der Waals surface area contributed by atoms with Crippen LogP contribution >= 0.6 is 11.6 Å². The maximum atomic E-state index is 13.3. The summed E-state index contributed by atoms with van der Waals surface area (Å²) >= 11 is 6.23. The fourth-order valence-corrected chi connectivity index (χ4v) is 5.20. The van der Waals surface area contributed by atoms with Crippen molar-refractivity contribution in [2.24, 2.45) is 5.10 Å². The Hall–Kier alpha value is -3.64. The van der Waals surface area contributed by atoms with Crippen LogP contribution in [0.4, 0.5) is 11.4 Å². The van der Waals surface area contributed by atoms with Gasteiger partial charge in [-0.3, -0.25) is 9.59 Å². The van der Waals surface area contributed by atoms with Gasteiger partial charge in [-0.1, -0.05) is 62.8 Å². The fourth-order valence-electron chi connectivity index (χ4n) is 5.03. The van der Waals surface area contributed by atoms with Crippen molar-refractivity contribution in [1.82, 2.24) is 0 Å². The van der Waals surface area contributed by atoms with Crippen LogP contribution in [0, 0.1) is 0 Å². The molecule has 1 amide bonds. The molecule has 0 bridgehead atoms. The summed E-state index contributed by atoms with van der Waals surface area (Å²) in [6.45, 7) is 6.04. The molecule has 1 aliphatic carbocycles. The van der Waals surface area contributed by atoms with Crippen LogP contribution in [-0.2, 0) is 15.0 Å². The molecular formula is C28H25ClN3O3-. The van der Waals surface area contributed by atoms with E-state index in [1.54, 1.807) is 18.2 Å². The molecular weight excluding hydrogens is 462 g/mol. The summed E-state index contributed by atoms with van der Waals surface area (Å²) < 4.78 is 0. The lowest BCUT2D eigenvalue weighted by atomic mass is 9.78. The highest BCUT2D eigenvalue weighted by molar-refractivity contribution is 6.37. The number of rotatable bonds is 4. The number of carbonyl (C=O) groups excluding carboxylic acids is 2. The Morgan fingerprint density at radius 3 is 2.46 bits per heavy atom. The second kappa shape index (κ2) is 8.24. The minimum atomic E-state index is -0.451. The molecule has 35 heavy (non-hydrogen) atoms. The van der Waals surface area contributed by atoms with E-state index in [0.29, 0.717) is 22.8 Å². The summed E-state index contributed by atoms with van der Waals surface area (Å²) in [5, 5.41) is 19.7. The van der Waals surface area contributed by atoms with Crippen molar-refractivity contribution in [3.8, 4) is 0 Å². The molecule has 0 spiro atoms. The summed E-state index contributed by atoms with van der Waals surface area (Å²) in [6, 6.07) is 14.7. The molecule has 3 aliphatic rings. The van der Waals surface area contributed by atoms with Gasteiger partial charge >= 0.3 is 0 Å². The first-order valence-electron chi connectivity index (χ1n) is 11.6. The zero-order valence-corrected chi connectivity index (χ0v) is 20.8. The number of ketones is 1. The average molecular weight is 487 g/mol. The summed E-state index contributed by atoms with van der Waals surface area (Å²) in [5.74, 6) is -1.27. The zero-order chi connectivity index (χ0) is 25.1. The molecule has 0 saturated carbocycles. The van der Waals surface area contributed by atoms with Crippen molar-refractivity contribution in [2.75, 3.05) is 17.0 Å². The third-order valence-corrected chi connectivity index (χ3v) is 7.11. The van der Waals surface area contributed by atoms with E-state index in [9.17, 15) is 14.7 Å². The number of carbonyl (C=O) groups is 2. The number of para-hydroxylation sites is 1. The van der Waals surface area contributed by atoms with E-state index in [1.165, 1.54) is 5.01 Å². The predicted molar refractivity (Wildman–Crippen MR) is 136 cm³/mol. The number of anilines is 2. The first kappa shape index (κ1) is 23.1. The molecule has 2 aromatic carbocycles. The smallest absolute Gasteiger partial charge is 0.281 e. The Morgan fingerprint density at radius 2 is 1.80 bits per heavy atom. The zero-order valence-electron chi connectivity index (χ0n) is 20.1. The molecule has 2 heterocycles. The number of likely N-dealkylation sites (N-methyl/N-ethyl adjacent to an activating group) is 1. The number of amides is 1. The molecule has 2 aromatic rings. The van der Waals surface area contributed by atoms with E-state index >= 15 is 0 Å². The predicted octanol–water partition coefficient (Wildman–Crippen LogP) is 4.65. The molecule has 178 valence electrons. The number of fused-ring (bicyclic) bond motifs is 1.